The van der Waals surface area contributed by atoms with E-state index < -0.39 is 64.3 Å². The summed E-state index contributed by atoms with van der Waals surface area (Å²) < 4.78 is 69.3. The van der Waals surface area contributed by atoms with Crippen molar-refractivity contribution in [2.75, 3.05) is 17.2 Å². The SMILES string of the molecule is CC(C)(C)OC(=O)N[C@H]1CS(=O)(=O)c2ccc(C(=O)NCCC(F)(F)F)cc2N(Cc2ccc(Cl)cc2)C1=O. The number of hydrogen-bond donors (Lipinski definition) is 2. The van der Waals surface area contributed by atoms with Crippen LogP contribution in [0.3, 0.4) is 0 Å². The standard InChI is InChI=1S/C25H27ClF3N3O6S/c1-24(2,3)38-23(35)31-18-14-39(36,37)20-9-6-16(21(33)30-11-10-25(27,28)29)12-19(20)32(22(18)34)13-15-4-7-17(26)8-5-15/h4-9,12,18H,10-11,13-14H2,1-3H3,(H,30,33)(H,31,35)/t18-/m0/s1. The lowest BCUT2D eigenvalue weighted by Crippen LogP contribution is -2.51. The largest absolute Gasteiger partial charge is 0.444 e. The second-order valence-corrected chi connectivity index (χ2v) is 12.3. The van der Waals surface area contributed by atoms with Crippen LogP contribution in [-0.2, 0) is 25.9 Å². The van der Waals surface area contributed by atoms with Gasteiger partial charge in [-0.2, -0.15) is 13.2 Å². The van der Waals surface area contributed by atoms with Gasteiger partial charge in [0.25, 0.3) is 11.8 Å². The quantitative estimate of drug-likeness (QED) is 0.520. The highest BCUT2D eigenvalue weighted by Crippen LogP contribution is 2.33. The molecule has 2 aromatic rings. The van der Waals surface area contributed by atoms with Crippen molar-refractivity contribution in [1.82, 2.24) is 10.6 Å². The van der Waals surface area contributed by atoms with Gasteiger partial charge in [-0.05, 0) is 56.7 Å². The predicted molar refractivity (Wildman–Crippen MR) is 137 cm³/mol. The first-order valence-corrected chi connectivity index (χ1v) is 13.8. The van der Waals surface area contributed by atoms with Crippen molar-refractivity contribution in [3.63, 3.8) is 0 Å². The number of carbonyl (C=O) groups excluding carboxylic acids is 3. The Bertz CT molecular complexity index is 1360. The molecule has 2 N–H and O–H groups in total. The maximum absolute atomic E-state index is 13.7. The monoisotopic (exact) mass is 589 g/mol. The number of anilines is 1. The maximum atomic E-state index is 13.7. The van der Waals surface area contributed by atoms with Crippen LogP contribution in [0.25, 0.3) is 0 Å². The minimum atomic E-state index is -4.48. The van der Waals surface area contributed by atoms with Gasteiger partial charge in [0.15, 0.2) is 9.84 Å². The highest BCUT2D eigenvalue weighted by molar-refractivity contribution is 7.91. The number of alkyl carbamates (subject to hydrolysis) is 1. The highest BCUT2D eigenvalue weighted by atomic mass is 35.5. The predicted octanol–water partition coefficient (Wildman–Crippen LogP) is 4.24. The van der Waals surface area contributed by atoms with E-state index in [4.69, 9.17) is 16.3 Å². The lowest BCUT2D eigenvalue weighted by Gasteiger charge is -2.27. The number of nitrogens with one attached hydrogen (secondary N) is 2. The molecule has 1 atom stereocenters. The number of halogens is 4. The van der Waals surface area contributed by atoms with E-state index in [0.717, 1.165) is 23.1 Å². The van der Waals surface area contributed by atoms with Crippen LogP contribution in [0.5, 0.6) is 0 Å². The topological polar surface area (TPSA) is 122 Å². The summed E-state index contributed by atoms with van der Waals surface area (Å²) in [6.45, 7) is 3.95. The van der Waals surface area contributed by atoms with Crippen molar-refractivity contribution in [3.8, 4) is 0 Å². The Balaban J connectivity index is 2.03. The first-order valence-electron chi connectivity index (χ1n) is 11.7. The number of hydrogen-bond acceptors (Lipinski definition) is 6. The van der Waals surface area contributed by atoms with Gasteiger partial charge >= 0.3 is 12.3 Å². The fourth-order valence-electron chi connectivity index (χ4n) is 3.73. The molecule has 0 aliphatic carbocycles. The third-order valence-electron chi connectivity index (χ3n) is 5.44. The van der Waals surface area contributed by atoms with Gasteiger partial charge in [-0.15, -0.1) is 0 Å². The molecule has 0 spiro atoms. The van der Waals surface area contributed by atoms with Gasteiger partial charge in [0.1, 0.15) is 11.6 Å². The molecule has 0 bridgehead atoms. The molecule has 0 aromatic heterocycles. The number of nitrogens with zero attached hydrogens (tertiary/aromatic N) is 1. The van der Waals surface area contributed by atoms with Crippen molar-refractivity contribution in [2.45, 2.75) is 56.5 Å². The van der Waals surface area contributed by atoms with Crippen LogP contribution in [0.2, 0.25) is 5.02 Å². The number of alkyl halides is 3. The van der Waals surface area contributed by atoms with Gasteiger partial charge in [0, 0.05) is 17.1 Å². The van der Waals surface area contributed by atoms with Gasteiger partial charge in [-0.25, -0.2) is 13.2 Å². The summed E-state index contributed by atoms with van der Waals surface area (Å²) in [5, 5.41) is 4.88. The van der Waals surface area contributed by atoms with Crippen molar-refractivity contribution in [1.29, 1.82) is 0 Å². The van der Waals surface area contributed by atoms with E-state index in [9.17, 15) is 36.0 Å². The number of carbonyl (C=O) groups is 3. The molecule has 3 amide bonds. The maximum Gasteiger partial charge on any atom is 0.408 e. The van der Waals surface area contributed by atoms with Crippen molar-refractivity contribution in [3.05, 3.63) is 58.6 Å². The van der Waals surface area contributed by atoms with Crippen LogP contribution < -0.4 is 15.5 Å². The summed E-state index contributed by atoms with van der Waals surface area (Å²) in [7, 11) is -4.19. The second-order valence-electron chi connectivity index (χ2n) is 9.83. The Morgan fingerprint density at radius 3 is 2.33 bits per heavy atom. The number of benzene rings is 2. The second kappa shape index (κ2) is 11.4. The zero-order valence-corrected chi connectivity index (χ0v) is 22.8. The summed E-state index contributed by atoms with van der Waals surface area (Å²) in [6.07, 6.45) is -6.73. The van der Waals surface area contributed by atoms with Gasteiger partial charge in [-0.1, -0.05) is 23.7 Å². The Morgan fingerprint density at radius 2 is 1.74 bits per heavy atom. The van der Waals surface area contributed by atoms with Gasteiger partial charge in [0.2, 0.25) is 0 Å². The molecule has 9 nitrogen and oxygen atoms in total. The summed E-state index contributed by atoms with van der Waals surface area (Å²) >= 11 is 5.95. The molecule has 1 heterocycles. The minimum absolute atomic E-state index is 0.154. The molecule has 3 rings (SSSR count). The molecule has 0 fully saturated rings. The molecule has 1 aliphatic heterocycles. The van der Waals surface area contributed by atoms with Crippen molar-refractivity contribution >= 4 is 45.0 Å². The average Bonchev–Trinajstić information content (AvgIpc) is 2.86. The van der Waals surface area contributed by atoms with Crippen LogP contribution in [0.15, 0.2) is 47.4 Å². The van der Waals surface area contributed by atoms with E-state index in [1.807, 2.05) is 0 Å². The third-order valence-corrected chi connectivity index (χ3v) is 7.48. The molecule has 0 saturated heterocycles. The first-order chi connectivity index (χ1) is 17.9. The highest BCUT2D eigenvalue weighted by Gasteiger charge is 2.39. The fourth-order valence-corrected chi connectivity index (χ4v) is 5.46. The Hall–Kier alpha value is -3.32. The minimum Gasteiger partial charge on any atom is -0.444 e. The zero-order valence-electron chi connectivity index (χ0n) is 21.3. The number of sulfone groups is 1. The van der Waals surface area contributed by atoms with Crippen LogP contribution >= 0.6 is 11.6 Å². The molecule has 0 saturated carbocycles. The van der Waals surface area contributed by atoms with Gasteiger partial charge in [-0.3, -0.25) is 9.59 Å². The van der Waals surface area contributed by atoms with Gasteiger partial charge in [0.05, 0.1) is 29.3 Å². The summed E-state index contributed by atoms with van der Waals surface area (Å²) in [5.41, 5.74) is -0.684. The van der Waals surface area contributed by atoms with Crippen LogP contribution in [0, 0.1) is 0 Å². The Labute approximate surface area is 228 Å². The molecule has 2 aromatic carbocycles. The molecule has 1 aliphatic rings. The van der Waals surface area contributed by atoms with E-state index in [1.54, 1.807) is 45.0 Å². The molecular formula is C25H27ClF3N3O6S. The Kier molecular flexibility index (Phi) is 8.85. The van der Waals surface area contributed by atoms with E-state index in [2.05, 4.69) is 10.6 Å². The number of amides is 3. The van der Waals surface area contributed by atoms with Crippen molar-refractivity contribution < 1.29 is 40.7 Å². The molecule has 0 radical (unpaired) electrons. The number of ether oxygens (including phenoxy) is 1. The van der Waals surface area contributed by atoms with E-state index in [-0.39, 0.29) is 22.7 Å². The fraction of sp³-hybridized carbons (Fsp3) is 0.400. The third kappa shape index (κ3) is 8.33. The van der Waals surface area contributed by atoms with E-state index >= 15 is 0 Å². The van der Waals surface area contributed by atoms with Crippen LogP contribution in [-0.4, -0.2) is 56.4 Å². The molecule has 39 heavy (non-hydrogen) atoms. The van der Waals surface area contributed by atoms with Crippen LogP contribution in [0.4, 0.5) is 23.7 Å². The smallest absolute Gasteiger partial charge is 0.408 e. The molecular weight excluding hydrogens is 563 g/mol. The van der Waals surface area contributed by atoms with Crippen molar-refractivity contribution in [2.24, 2.45) is 0 Å². The molecule has 0 unspecified atom stereocenters. The summed E-state index contributed by atoms with van der Waals surface area (Å²) in [6, 6.07) is 8.20. The normalized spacial score (nSPS) is 17.2. The lowest BCUT2D eigenvalue weighted by atomic mass is 10.1. The summed E-state index contributed by atoms with van der Waals surface area (Å²) in [5.74, 6) is -2.47. The first kappa shape index (κ1) is 30.2. The number of rotatable bonds is 6. The van der Waals surface area contributed by atoms with E-state index in [1.165, 1.54) is 0 Å². The molecule has 14 heteroatoms. The zero-order chi connectivity index (χ0) is 29.2. The summed E-state index contributed by atoms with van der Waals surface area (Å²) in [4.78, 5) is 39.5. The molecule has 212 valence electrons. The average molecular weight is 590 g/mol. The van der Waals surface area contributed by atoms with Gasteiger partial charge < -0.3 is 20.3 Å². The van der Waals surface area contributed by atoms with Crippen LogP contribution in [0.1, 0.15) is 43.1 Å². The lowest BCUT2D eigenvalue weighted by molar-refractivity contribution is -0.133. The van der Waals surface area contributed by atoms with E-state index in [0.29, 0.717) is 10.6 Å². The Morgan fingerprint density at radius 1 is 1.10 bits per heavy atom. The number of fused-ring (bicyclic) bond motifs is 1.